The summed E-state index contributed by atoms with van der Waals surface area (Å²) in [5.41, 5.74) is 1.97. The molecule has 4 nitrogen and oxygen atoms in total. The van der Waals surface area contributed by atoms with Crippen LogP contribution in [0, 0.1) is 11.3 Å². The zero-order chi connectivity index (χ0) is 15.1. The first-order chi connectivity index (χ1) is 10.2. The molecule has 21 heavy (non-hydrogen) atoms. The van der Waals surface area contributed by atoms with Crippen LogP contribution in [-0.4, -0.2) is 12.5 Å². The molecule has 2 aromatic carbocycles. The zero-order valence-corrected chi connectivity index (χ0v) is 12.0. The summed E-state index contributed by atoms with van der Waals surface area (Å²) in [5, 5.41) is 15.4. The number of benzene rings is 2. The fourth-order valence-electron chi connectivity index (χ4n) is 1.84. The Morgan fingerprint density at radius 1 is 1.19 bits per heavy atom. The van der Waals surface area contributed by atoms with Crippen molar-refractivity contribution in [1.82, 2.24) is 0 Å². The lowest BCUT2D eigenvalue weighted by Crippen LogP contribution is -2.16. The van der Waals surface area contributed by atoms with Crippen LogP contribution in [0.1, 0.15) is 12.0 Å². The molecule has 0 unspecified atom stereocenters. The highest BCUT2D eigenvalue weighted by Gasteiger charge is 2.04. The highest BCUT2D eigenvalue weighted by atomic mass is 35.5. The molecule has 2 N–H and O–H groups in total. The molecule has 0 saturated heterocycles. The van der Waals surface area contributed by atoms with Gasteiger partial charge in [0.15, 0.2) is 0 Å². The molecule has 0 radical (unpaired) electrons. The van der Waals surface area contributed by atoms with Crippen LogP contribution in [0.4, 0.5) is 11.4 Å². The van der Waals surface area contributed by atoms with Gasteiger partial charge >= 0.3 is 0 Å². The highest BCUT2D eigenvalue weighted by Crippen LogP contribution is 2.15. The SMILES string of the molecule is N#Cc1ccccc1NCCC(=O)Nc1cccc(Cl)c1. The number of carbonyl (C=O) groups excluding carboxylic acids is 1. The van der Waals surface area contributed by atoms with Crippen LogP contribution in [0.2, 0.25) is 5.02 Å². The Morgan fingerprint density at radius 2 is 2.00 bits per heavy atom. The summed E-state index contributed by atoms with van der Waals surface area (Å²) >= 11 is 5.85. The van der Waals surface area contributed by atoms with Gasteiger partial charge in [0.1, 0.15) is 6.07 Å². The van der Waals surface area contributed by atoms with Crippen LogP contribution < -0.4 is 10.6 Å². The van der Waals surface area contributed by atoms with Crippen molar-refractivity contribution < 1.29 is 4.79 Å². The largest absolute Gasteiger partial charge is 0.383 e. The van der Waals surface area contributed by atoms with Crippen molar-refractivity contribution in [2.24, 2.45) is 0 Å². The number of rotatable bonds is 5. The maximum atomic E-state index is 11.8. The van der Waals surface area contributed by atoms with Crippen molar-refractivity contribution in [1.29, 1.82) is 5.26 Å². The summed E-state index contributed by atoms with van der Waals surface area (Å²) in [5.74, 6) is -0.112. The van der Waals surface area contributed by atoms with Gasteiger partial charge in [0.05, 0.1) is 11.3 Å². The van der Waals surface area contributed by atoms with Gasteiger partial charge in [-0.05, 0) is 30.3 Å². The Bertz CT molecular complexity index is 679. The second-order valence-corrected chi connectivity index (χ2v) is 4.83. The number of nitrogens with one attached hydrogen (secondary N) is 2. The number of amides is 1. The quantitative estimate of drug-likeness (QED) is 0.885. The number of halogens is 1. The van der Waals surface area contributed by atoms with Gasteiger partial charge < -0.3 is 10.6 Å². The molecule has 2 aromatic rings. The molecule has 2 rings (SSSR count). The molecule has 0 saturated carbocycles. The smallest absolute Gasteiger partial charge is 0.226 e. The van der Waals surface area contributed by atoms with Gasteiger partial charge in [-0.15, -0.1) is 0 Å². The van der Waals surface area contributed by atoms with Crippen LogP contribution in [0.5, 0.6) is 0 Å². The van der Waals surface area contributed by atoms with Gasteiger partial charge in [0.2, 0.25) is 5.91 Å². The molecule has 106 valence electrons. The second kappa shape index (κ2) is 7.32. The molecule has 0 aromatic heterocycles. The Balaban J connectivity index is 1.83. The molecular weight excluding hydrogens is 286 g/mol. The summed E-state index contributed by atoms with van der Waals surface area (Å²) < 4.78 is 0. The van der Waals surface area contributed by atoms with Gasteiger partial charge in [-0.25, -0.2) is 0 Å². The average Bonchev–Trinajstić information content (AvgIpc) is 2.47. The van der Waals surface area contributed by atoms with Crippen LogP contribution in [0.3, 0.4) is 0 Å². The zero-order valence-electron chi connectivity index (χ0n) is 11.3. The number of carbonyl (C=O) groups is 1. The van der Waals surface area contributed by atoms with Gasteiger partial charge in [-0.3, -0.25) is 4.79 Å². The van der Waals surface area contributed by atoms with Crippen molar-refractivity contribution >= 4 is 28.9 Å². The standard InChI is InChI=1S/C16H14ClN3O/c17-13-5-3-6-14(10-13)20-16(21)8-9-19-15-7-2-1-4-12(15)11-18/h1-7,10,19H,8-9H2,(H,20,21). The maximum absolute atomic E-state index is 11.8. The van der Waals surface area contributed by atoms with Gasteiger partial charge in [-0.1, -0.05) is 29.8 Å². The number of hydrogen-bond acceptors (Lipinski definition) is 3. The van der Waals surface area contributed by atoms with Crippen LogP contribution in [0.25, 0.3) is 0 Å². The number of anilines is 2. The number of nitriles is 1. The van der Waals surface area contributed by atoms with E-state index in [4.69, 9.17) is 16.9 Å². The topological polar surface area (TPSA) is 64.9 Å². The van der Waals surface area contributed by atoms with E-state index < -0.39 is 0 Å². The van der Waals surface area contributed by atoms with Crippen molar-refractivity contribution in [3.8, 4) is 6.07 Å². The minimum atomic E-state index is -0.112. The van der Waals surface area contributed by atoms with Gasteiger partial charge in [-0.2, -0.15) is 5.26 Å². The van der Waals surface area contributed by atoms with E-state index in [1.165, 1.54) is 0 Å². The summed E-state index contributed by atoms with van der Waals surface area (Å²) in [4.78, 5) is 11.8. The lowest BCUT2D eigenvalue weighted by molar-refractivity contribution is -0.115. The third-order valence-corrected chi connectivity index (χ3v) is 3.06. The Hall–Kier alpha value is -2.51. The monoisotopic (exact) mass is 299 g/mol. The van der Waals surface area contributed by atoms with E-state index in [2.05, 4.69) is 16.7 Å². The first-order valence-electron chi connectivity index (χ1n) is 6.47. The van der Waals surface area contributed by atoms with Gasteiger partial charge in [0.25, 0.3) is 0 Å². The van der Waals surface area contributed by atoms with Crippen molar-refractivity contribution in [3.63, 3.8) is 0 Å². The molecule has 0 aliphatic heterocycles. The van der Waals surface area contributed by atoms with Crippen molar-refractivity contribution in [2.75, 3.05) is 17.2 Å². The predicted octanol–water partition coefficient (Wildman–Crippen LogP) is 3.65. The molecule has 0 aliphatic carbocycles. The van der Waals surface area contributed by atoms with E-state index in [1.807, 2.05) is 12.1 Å². The molecule has 0 heterocycles. The highest BCUT2D eigenvalue weighted by molar-refractivity contribution is 6.30. The maximum Gasteiger partial charge on any atom is 0.226 e. The van der Waals surface area contributed by atoms with Crippen LogP contribution in [-0.2, 0) is 4.79 Å². The Morgan fingerprint density at radius 3 is 2.76 bits per heavy atom. The molecular formula is C16H14ClN3O. The van der Waals surface area contributed by atoms with E-state index in [-0.39, 0.29) is 5.91 Å². The lowest BCUT2D eigenvalue weighted by atomic mass is 10.2. The third-order valence-electron chi connectivity index (χ3n) is 2.82. The Labute approximate surface area is 128 Å². The number of para-hydroxylation sites is 1. The van der Waals surface area contributed by atoms with E-state index >= 15 is 0 Å². The molecule has 0 aliphatic rings. The predicted molar refractivity (Wildman–Crippen MR) is 84.3 cm³/mol. The molecule has 0 bridgehead atoms. The third kappa shape index (κ3) is 4.51. The van der Waals surface area contributed by atoms with Crippen LogP contribution >= 0.6 is 11.6 Å². The average molecular weight is 300 g/mol. The molecule has 5 heteroatoms. The van der Waals surface area contributed by atoms with E-state index in [0.717, 1.165) is 5.69 Å². The Kier molecular flexibility index (Phi) is 5.19. The minimum absolute atomic E-state index is 0.112. The van der Waals surface area contributed by atoms with E-state index in [1.54, 1.807) is 36.4 Å². The molecule has 1 amide bonds. The number of nitrogens with zero attached hydrogens (tertiary/aromatic N) is 1. The molecule has 0 atom stereocenters. The fraction of sp³-hybridized carbons (Fsp3) is 0.125. The van der Waals surface area contributed by atoms with Crippen LogP contribution in [0.15, 0.2) is 48.5 Å². The van der Waals surface area contributed by atoms with Gasteiger partial charge in [0, 0.05) is 23.7 Å². The summed E-state index contributed by atoms with van der Waals surface area (Å²) in [6.07, 6.45) is 0.298. The molecule has 0 fully saturated rings. The first-order valence-corrected chi connectivity index (χ1v) is 6.85. The van der Waals surface area contributed by atoms with E-state index in [9.17, 15) is 4.79 Å². The minimum Gasteiger partial charge on any atom is -0.383 e. The van der Waals surface area contributed by atoms with E-state index in [0.29, 0.717) is 29.2 Å². The van der Waals surface area contributed by atoms with Crippen molar-refractivity contribution in [2.45, 2.75) is 6.42 Å². The van der Waals surface area contributed by atoms with Crippen molar-refractivity contribution in [3.05, 3.63) is 59.1 Å². The summed E-state index contributed by atoms with van der Waals surface area (Å²) in [7, 11) is 0. The normalized spacial score (nSPS) is 9.71. The summed E-state index contributed by atoms with van der Waals surface area (Å²) in [6, 6.07) is 16.3. The lowest BCUT2D eigenvalue weighted by Gasteiger charge is -2.08. The fourth-order valence-corrected chi connectivity index (χ4v) is 2.03. The molecule has 0 spiro atoms. The second-order valence-electron chi connectivity index (χ2n) is 4.39. The summed E-state index contributed by atoms with van der Waals surface area (Å²) in [6.45, 7) is 0.449. The number of hydrogen-bond donors (Lipinski definition) is 2. The first kappa shape index (κ1) is 14.9.